The Hall–Kier alpha value is -1.45. The van der Waals surface area contributed by atoms with E-state index in [0.29, 0.717) is 0 Å². The fraction of sp³-hybridized carbons (Fsp3) is 0.333. The van der Waals surface area contributed by atoms with Gasteiger partial charge in [0.1, 0.15) is 16.3 Å². The maximum Gasteiger partial charge on any atom is 0.347 e. The highest BCUT2D eigenvalue weighted by molar-refractivity contribution is 7.89. The molecule has 18 heavy (non-hydrogen) atoms. The average Bonchev–Trinajstić information content (AvgIpc) is 2.76. The summed E-state index contributed by atoms with van der Waals surface area (Å²) < 4.78 is 30.0. The number of carboxylic acids is 1. The first kappa shape index (κ1) is 14.6. The predicted octanol–water partition coefficient (Wildman–Crippen LogP) is 0.288. The maximum absolute atomic E-state index is 11.8. The zero-order valence-electron chi connectivity index (χ0n) is 9.37. The summed E-state index contributed by atoms with van der Waals surface area (Å²) in [6.45, 7) is 1.19. The van der Waals surface area contributed by atoms with Crippen molar-refractivity contribution in [1.29, 1.82) is 0 Å². The van der Waals surface area contributed by atoms with Gasteiger partial charge in [-0.15, -0.1) is 11.3 Å². The first-order valence-corrected chi connectivity index (χ1v) is 7.21. The normalized spacial score (nSPS) is 11.2. The highest BCUT2D eigenvalue weighted by Crippen LogP contribution is 2.21. The lowest BCUT2D eigenvalue weighted by Gasteiger charge is -2.05. The molecular weight excluding hydrogens is 282 g/mol. The summed E-state index contributed by atoms with van der Waals surface area (Å²) in [4.78, 5) is 21.2. The van der Waals surface area contributed by atoms with E-state index in [1.54, 1.807) is 6.92 Å². The van der Waals surface area contributed by atoms with Crippen LogP contribution in [0.15, 0.2) is 16.3 Å². The van der Waals surface area contributed by atoms with E-state index in [9.17, 15) is 18.0 Å². The van der Waals surface area contributed by atoms with Crippen LogP contribution in [0.5, 0.6) is 0 Å². The number of hydrogen-bond acceptors (Lipinski definition) is 6. The Balaban J connectivity index is 2.84. The molecule has 1 aromatic rings. The van der Waals surface area contributed by atoms with Crippen LogP contribution >= 0.6 is 11.3 Å². The minimum Gasteiger partial charge on any atom is -0.477 e. The molecule has 0 saturated carbocycles. The number of carbonyl (C=O) groups excluding carboxylic acids is 1. The van der Waals surface area contributed by atoms with E-state index in [4.69, 9.17) is 5.11 Å². The second-order valence-electron chi connectivity index (χ2n) is 3.05. The van der Waals surface area contributed by atoms with Crippen molar-refractivity contribution in [2.24, 2.45) is 0 Å². The van der Waals surface area contributed by atoms with Gasteiger partial charge in [0.05, 0.1) is 6.61 Å². The zero-order chi connectivity index (χ0) is 13.8. The molecule has 7 nitrogen and oxygen atoms in total. The molecule has 0 saturated heterocycles. The van der Waals surface area contributed by atoms with Crippen molar-refractivity contribution >= 4 is 33.3 Å². The second-order valence-corrected chi connectivity index (χ2v) is 5.70. The molecule has 0 unspecified atom stereocenters. The molecule has 0 fully saturated rings. The van der Waals surface area contributed by atoms with E-state index < -0.39 is 28.5 Å². The Morgan fingerprint density at radius 3 is 2.72 bits per heavy atom. The Morgan fingerprint density at radius 1 is 1.50 bits per heavy atom. The van der Waals surface area contributed by atoms with Crippen molar-refractivity contribution in [3.05, 3.63) is 16.3 Å². The van der Waals surface area contributed by atoms with E-state index in [1.165, 1.54) is 11.4 Å². The van der Waals surface area contributed by atoms with E-state index in [2.05, 4.69) is 4.74 Å². The summed E-state index contributed by atoms with van der Waals surface area (Å²) in [7, 11) is -4.03. The molecule has 2 N–H and O–H groups in total. The molecule has 1 heterocycles. The number of aromatic carboxylic acids is 1. The SMILES string of the molecule is CCOC(=O)CNS(=O)(=O)c1ccsc1C(=O)O. The Morgan fingerprint density at radius 2 is 2.17 bits per heavy atom. The highest BCUT2D eigenvalue weighted by Gasteiger charge is 2.24. The van der Waals surface area contributed by atoms with Gasteiger partial charge >= 0.3 is 11.9 Å². The number of hydrogen-bond donors (Lipinski definition) is 2. The lowest BCUT2D eigenvalue weighted by Crippen LogP contribution is -2.31. The van der Waals surface area contributed by atoms with Crippen molar-refractivity contribution in [1.82, 2.24) is 4.72 Å². The van der Waals surface area contributed by atoms with Crippen LogP contribution in [0, 0.1) is 0 Å². The molecule has 0 amide bonds. The van der Waals surface area contributed by atoms with Crippen LogP contribution in [-0.2, 0) is 19.6 Å². The summed E-state index contributed by atoms with van der Waals surface area (Å²) in [6.07, 6.45) is 0. The maximum atomic E-state index is 11.8. The first-order valence-electron chi connectivity index (χ1n) is 4.84. The molecule has 1 aromatic heterocycles. The number of esters is 1. The summed E-state index contributed by atoms with van der Waals surface area (Å²) >= 11 is 0.794. The minimum atomic E-state index is -4.03. The molecule has 0 atom stereocenters. The fourth-order valence-corrected chi connectivity index (χ4v) is 3.34. The van der Waals surface area contributed by atoms with Gasteiger partial charge in [-0.2, -0.15) is 4.72 Å². The van der Waals surface area contributed by atoms with E-state index in [0.717, 1.165) is 11.3 Å². The number of carboxylic acid groups (broad SMARTS) is 1. The Bertz CT molecular complexity index is 547. The van der Waals surface area contributed by atoms with Gasteiger partial charge in [0.15, 0.2) is 0 Å². The number of ether oxygens (including phenoxy) is 1. The fourth-order valence-electron chi connectivity index (χ4n) is 1.11. The molecule has 0 radical (unpaired) electrons. The van der Waals surface area contributed by atoms with Crippen molar-refractivity contribution in [3.8, 4) is 0 Å². The van der Waals surface area contributed by atoms with Gasteiger partial charge in [0.25, 0.3) is 0 Å². The van der Waals surface area contributed by atoms with E-state index >= 15 is 0 Å². The van der Waals surface area contributed by atoms with Gasteiger partial charge in [-0.1, -0.05) is 0 Å². The third kappa shape index (κ3) is 3.52. The van der Waals surface area contributed by atoms with Gasteiger partial charge < -0.3 is 9.84 Å². The number of rotatable bonds is 6. The molecule has 100 valence electrons. The van der Waals surface area contributed by atoms with Gasteiger partial charge in [0.2, 0.25) is 10.0 Å². The monoisotopic (exact) mass is 293 g/mol. The van der Waals surface area contributed by atoms with Gasteiger partial charge in [-0.25, -0.2) is 13.2 Å². The standard InChI is InChI=1S/C9H11NO6S2/c1-2-16-7(11)5-10-18(14,15)6-3-4-17-8(6)9(12)13/h3-4,10H,2,5H2,1H3,(H,12,13). The highest BCUT2D eigenvalue weighted by atomic mass is 32.2. The third-order valence-electron chi connectivity index (χ3n) is 1.82. The second kappa shape index (κ2) is 5.94. The summed E-state index contributed by atoms with van der Waals surface area (Å²) in [6, 6.07) is 1.17. The Labute approximate surface area is 107 Å². The van der Waals surface area contributed by atoms with Crippen molar-refractivity contribution in [3.63, 3.8) is 0 Å². The topological polar surface area (TPSA) is 110 Å². The molecule has 9 heteroatoms. The number of nitrogens with one attached hydrogen (secondary N) is 1. The van der Waals surface area contributed by atoms with Crippen LogP contribution in [0.3, 0.4) is 0 Å². The molecular formula is C9H11NO6S2. The predicted molar refractivity (Wildman–Crippen MR) is 63.1 cm³/mol. The molecule has 0 aromatic carbocycles. The van der Waals surface area contributed by atoms with Crippen LogP contribution in [0.25, 0.3) is 0 Å². The van der Waals surface area contributed by atoms with Gasteiger partial charge in [0, 0.05) is 0 Å². The molecule has 1 rings (SSSR count). The van der Waals surface area contributed by atoms with Crippen molar-refractivity contribution in [2.45, 2.75) is 11.8 Å². The number of thiophene rings is 1. The van der Waals surface area contributed by atoms with E-state index in [1.807, 2.05) is 4.72 Å². The van der Waals surface area contributed by atoms with Crippen LogP contribution < -0.4 is 4.72 Å². The molecule has 0 bridgehead atoms. The number of sulfonamides is 1. The summed E-state index contributed by atoms with van der Waals surface area (Å²) in [5, 5.41) is 10.2. The first-order chi connectivity index (χ1) is 8.38. The van der Waals surface area contributed by atoms with Crippen molar-refractivity contribution < 1.29 is 27.9 Å². The van der Waals surface area contributed by atoms with Crippen molar-refractivity contribution in [2.75, 3.05) is 13.2 Å². The van der Waals surface area contributed by atoms with Crippen LogP contribution in [0.4, 0.5) is 0 Å². The van der Waals surface area contributed by atoms with Gasteiger partial charge in [-0.3, -0.25) is 4.79 Å². The summed E-state index contributed by atoms with van der Waals surface area (Å²) in [5.74, 6) is -2.06. The lowest BCUT2D eigenvalue weighted by atomic mass is 10.5. The van der Waals surface area contributed by atoms with Crippen LogP contribution in [-0.4, -0.2) is 38.6 Å². The zero-order valence-corrected chi connectivity index (χ0v) is 11.0. The molecule has 0 aliphatic heterocycles. The quantitative estimate of drug-likeness (QED) is 0.729. The Kier molecular flexibility index (Phi) is 4.82. The van der Waals surface area contributed by atoms with Crippen LogP contribution in [0.2, 0.25) is 0 Å². The molecule has 0 aliphatic rings. The average molecular weight is 293 g/mol. The minimum absolute atomic E-state index is 0.138. The smallest absolute Gasteiger partial charge is 0.347 e. The largest absolute Gasteiger partial charge is 0.477 e. The molecule has 0 spiro atoms. The van der Waals surface area contributed by atoms with Crippen LogP contribution in [0.1, 0.15) is 16.6 Å². The summed E-state index contributed by atoms with van der Waals surface area (Å²) in [5.41, 5.74) is 0. The number of carbonyl (C=O) groups is 2. The third-order valence-corrected chi connectivity index (χ3v) is 4.30. The molecule has 0 aliphatic carbocycles. The lowest BCUT2D eigenvalue weighted by molar-refractivity contribution is -0.141. The van der Waals surface area contributed by atoms with E-state index in [-0.39, 0.29) is 16.4 Å². The van der Waals surface area contributed by atoms with Gasteiger partial charge in [-0.05, 0) is 18.4 Å².